The summed E-state index contributed by atoms with van der Waals surface area (Å²) in [5.41, 5.74) is -0.311. The predicted molar refractivity (Wildman–Crippen MR) is 76.4 cm³/mol. The lowest BCUT2D eigenvalue weighted by Crippen LogP contribution is -2.08. The Morgan fingerprint density at radius 3 is 2.55 bits per heavy atom. The number of thiazole rings is 1. The Morgan fingerprint density at radius 2 is 2.00 bits per heavy atom. The minimum atomic E-state index is -3.79. The van der Waals surface area contributed by atoms with Crippen LogP contribution in [0.1, 0.15) is 15.4 Å². The Morgan fingerprint density at radius 1 is 1.30 bits per heavy atom. The van der Waals surface area contributed by atoms with Crippen molar-refractivity contribution in [3.8, 4) is 0 Å². The number of halogens is 2. The van der Waals surface area contributed by atoms with Crippen molar-refractivity contribution < 1.29 is 18.3 Å². The number of sulfone groups is 1. The van der Waals surface area contributed by atoms with Crippen LogP contribution in [0.4, 0.5) is 0 Å². The van der Waals surface area contributed by atoms with E-state index in [1.807, 2.05) is 0 Å². The van der Waals surface area contributed by atoms with Crippen LogP contribution in [0.3, 0.4) is 0 Å². The second kappa shape index (κ2) is 5.69. The van der Waals surface area contributed by atoms with E-state index in [1.54, 1.807) is 5.38 Å². The van der Waals surface area contributed by atoms with Gasteiger partial charge < -0.3 is 5.11 Å². The summed E-state index contributed by atoms with van der Waals surface area (Å²) in [4.78, 5) is 14.6. The van der Waals surface area contributed by atoms with Crippen LogP contribution >= 0.6 is 34.5 Å². The maximum absolute atomic E-state index is 12.3. The van der Waals surface area contributed by atoms with E-state index < -0.39 is 15.8 Å². The number of benzene rings is 1. The van der Waals surface area contributed by atoms with E-state index in [0.29, 0.717) is 5.01 Å². The molecule has 1 aromatic heterocycles. The van der Waals surface area contributed by atoms with Gasteiger partial charge in [-0.3, -0.25) is 0 Å². The fourth-order valence-electron chi connectivity index (χ4n) is 1.50. The van der Waals surface area contributed by atoms with Crippen molar-refractivity contribution in [2.24, 2.45) is 0 Å². The van der Waals surface area contributed by atoms with E-state index in [4.69, 9.17) is 28.3 Å². The van der Waals surface area contributed by atoms with E-state index in [1.165, 1.54) is 17.5 Å². The van der Waals surface area contributed by atoms with Crippen LogP contribution in [0.25, 0.3) is 0 Å². The molecule has 0 bridgehead atoms. The van der Waals surface area contributed by atoms with Gasteiger partial charge in [0.2, 0.25) is 0 Å². The van der Waals surface area contributed by atoms with Gasteiger partial charge in [0.1, 0.15) is 10.8 Å². The molecule has 0 aliphatic rings. The molecule has 1 aromatic carbocycles. The third kappa shape index (κ3) is 3.12. The average Bonchev–Trinajstić information content (AvgIpc) is 2.79. The molecule has 5 nitrogen and oxygen atoms in total. The zero-order valence-corrected chi connectivity index (χ0v) is 12.9. The first-order valence-corrected chi connectivity index (χ1v) is 8.43. The van der Waals surface area contributed by atoms with Gasteiger partial charge in [0.25, 0.3) is 0 Å². The lowest BCUT2D eigenvalue weighted by molar-refractivity contribution is 0.0697. The summed E-state index contributed by atoms with van der Waals surface area (Å²) in [6, 6.07) is 2.08. The van der Waals surface area contributed by atoms with Gasteiger partial charge in [0.05, 0.1) is 20.5 Å². The Bertz CT molecular complexity index is 757. The molecule has 0 amide bonds. The number of carbonyl (C=O) groups is 1. The van der Waals surface area contributed by atoms with E-state index in [0.717, 1.165) is 12.1 Å². The molecule has 9 heteroatoms. The summed E-state index contributed by atoms with van der Waals surface area (Å²) in [6.07, 6.45) is 1.49. The van der Waals surface area contributed by atoms with E-state index in [2.05, 4.69) is 4.98 Å². The molecule has 2 aromatic rings. The highest BCUT2D eigenvalue weighted by Crippen LogP contribution is 2.30. The maximum atomic E-state index is 12.3. The van der Waals surface area contributed by atoms with Gasteiger partial charge >= 0.3 is 5.97 Å². The maximum Gasteiger partial charge on any atom is 0.337 e. The fraction of sp³-hybridized carbons (Fsp3) is 0.0909. The zero-order chi connectivity index (χ0) is 14.9. The summed E-state index contributed by atoms with van der Waals surface area (Å²) in [6.45, 7) is 0. The predicted octanol–water partition coefficient (Wildman–Crippen LogP) is 3.12. The van der Waals surface area contributed by atoms with Gasteiger partial charge in [-0.05, 0) is 12.1 Å². The van der Waals surface area contributed by atoms with Crippen molar-refractivity contribution in [3.63, 3.8) is 0 Å². The lowest BCUT2D eigenvalue weighted by atomic mass is 10.2. The molecule has 0 saturated carbocycles. The standard InChI is InChI=1S/C11H7Cl2NO4S2/c12-7-4-8(13)9(3-6(7)11(15)16)20(17,18)5-10-14-1-2-19-10/h1-4H,5H2,(H,15,16). The molecular formula is C11H7Cl2NO4S2. The van der Waals surface area contributed by atoms with Crippen LogP contribution < -0.4 is 0 Å². The molecular weight excluding hydrogens is 345 g/mol. The lowest BCUT2D eigenvalue weighted by Gasteiger charge is -2.08. The molecule has 0 saturated heterocycles. The molecule has 0 spiro atoms. The average molecular weight is 352 g/mol. The number of hydrogen-bond donors (Lipinski definition) is 1. The smallest absolute Gasteiger partial charge is 0.337 e. The molecule has 0 aliphatic heterocycles. The number of rotatable bonds is 4. The number of aromatic nitrogens is 1. The van der Waals surface area contributed by atoms with Crippen LogP contribution in [-0.2, 0) is 15.6 Å². The number of carboxylic acid groups (broad SMARTS) is 1. The van der Waals surface area contributed by atoms with Crippen molar-refractivity contribution in [1.82, 2.24) is 4.98 Å². The summed E-state index contributed by atoms with van der Waals surface area (Å²) >= 11 is 12.8. The van der Waals surface area contributed by atoms with Gasteiger partial charge in [-0.1, -0.05) is 23.2 Å². The van der Waals surface area contributed by atoms with Gasteiger partial charge in [0.15, 0.2) is 9.84 Å². The second-order valence-corrected chi connectivity index (χ2v) is 7.50. The van der Waals surface area contributed by atoms with E-state index in [-0.39, 0.29) is 26.3 Å². The quantitative estimate of drug-likeness (QED) is 0.914. The first-order chi connectivity index (χ1) is 9.31. The van der Waals surface area contributed by atoms with Gasteiger partial charge in [-0.15, -0.1) is 11.3 Å². The SMILES string of the molecule is O=C(O)c1cc(S(=O)(=O)Cc2nccs2)c(Cl)cc1Cl. The second-order valence-electron chi connectivity index (χ2n) is 3.75. The largest absolute Gasteiger partial charge is 0.478 e. The molecule has 20 heavy (non-hydrogen) atoms. The first kappa shape index (κ1) is 15.2. The zero-order valence-electron chi connectivity index (χ0n) is 9.71. The van der Waals surface area contributed by atoms with Gasteiger partial charge in [0, 0.05) is 11.6 Å². The Kier molecular flexibility index (Phi) is 4.33. The number of hydrogen-bond acceptors (Lipinski definition) is 5. The third-order valence-corrected chi connectivity index (χ3v) is 5.75. The first-order valence-electron chi connectivity index (χ1n) is 5.15. The molecule has 106 valence electrons. The Hall–Kier alpha value is -1.15. The highest BCUT2D eigenvalue weighted by molar-refractivity contribution is 7.90. The molecule has 0 radical (unpaired) electrons. The highest BCUT2D eigenvalue weighted by Gasteiger charge is 2.23. The van der Waals surface area contributed by atoms with Crippen molar-refractivity contribution in [3.05, 3.63) is 44.3 Å². The number of nitrogens with zero attached hydrogens (tertiary/aromatic N) is 1. The molecule has 0 atom stereocenters. The van der Waals surface area contributed by atoms with Crippen LogP contribution in [0.15, 0.2) is 28.6 Å². The van der Waals surface area contributed by atoms with Crippen LogP contribution in [0.2, 0.25) is 10.0 Å². The molecule has 0 aliphatic carbocycles. The molecule has 2 rings (SSSR count). The molecule has 1 N–H and O–H groups in total. The summed E-state index contributed by atoms with van der Waals surface area (Å²) in [7, 11) is -3.79. The monoisotopic (exact) mass is 351 g/mol. The van der Waals surface area contributed by atoms with Crippen molar-refractivity contribution in [1.29, 1.82) is 0 Å². The van der Waals surface area contributed by atoms with Crippen LogP contribution in [-0.4, -0.2) is 24.5 Å². The molecule has 0 fully saturated rings. The molecule has 1 heterocycles. The number of aromatic carboxylic acids is 1. The van der Waals surface area contributed by atoms with Crippen LogP contribution in [0.5, 0.6) is 0 Å². The summed E-state index contributed by atoms with van der Waals surface area (Å²) in [5, 5.41) is 10.8. The molecule has 0 unspecified atom stereocenters. The van der Waals surface area contributed by atoms with E-state index >= 15 is 0 Å². The van der Waals surface area contributed by atoms with Crippen LogP contribution in [0, 0.1) is 0 Å². The highest BCUT2D eigenvalue weighted by atomic mass is 35.5. The van der Waals surface area contributed by atoms with E-state index in [9.17, 15) is 13.2 Å². The van der Waals surface area contributed by atoms with Crippen molar-refractivity contribution in [2.75, 3.05) is 0 Å². The van der Waals surface area contributed by atoms with Gasteiger partial charge in [-0.2, -0.15) is 0 Å². The number of carboxylic acids is 1. The summed E-state index contributed by atoms with van der Waals surface area (Å²) < 4.78 is 24.5. The third-order valence-electron chi connectivity index (χ3n) is 2.38. The fourth-order valence-corrected chi connectivity index (χ4v) is 4.66. The minimum Gasteiger partial charge on any atom is -0.478 e. The van der Waals surface area contributed by atoms with Gasteiger partial charge in [-0.25, -0.2) is 18.2 Å². The Labute approximate surface area is 128 Å². The topological polar surface area (TPSA) is 84.3 Å². The van der Waals surface area contributed by atoms with Crippen molar-refractivity contribution in [2.45, 2.75) is 10.6 Å². The summed E-state index contributed by atoms with van der Waals surface area (Å²) in [5.74, 6) is -1.66. The normalized spacial score (nSPS) is 11.5. The van der Waals surface area contributed by atoms with Crippen molar-refractivity contribution >= 4 is 50.3 Å². The minimum absolute atomic E-state index is 0.114. The Balaban J connectivity index is 2.51.